The highest BCUT2D eigenvalue weighted by atomic mass is 127. The van der Waals surface area contributed by atoms with Crippen molar-refractivity contribution in [3.63, 3.8) is 0 Å². The van der Waals surface area contributed by atoms with Crippen LogP contribution in [0, 0.1) is 0 Å². The van der Waals surface area contributed by atoms with Gasteiger partial charge in [-0.3, -0.25) is 0 Å². The topological polar surface area (TPSA) is 52.6 Å². The first-order chi connectivity index (χ1) is 10.5. The van der Waals surface area contributed by atoms with E-state index in [1.807, 2.05) is 12.3 Å². The third-order valence-corrected chi connectivity index (χ3v) is 3.50. The molecule has 0 aliphatic carbocycles. The standard InChI is InChI=1S/C17H29N5.HI/c1-5-18-16(21-17(2,3)4)20-13-14-8-9-19-15(12-14)22-10-6-7-11-22;/h8-9,12H,5-7,10-11,13H2,1-4H3,(H2,18,20,21);1H. The molecular formula is C17H30IN5. The Balaban J connectivity index is 0.00000264. The first-order valence-corrected chi connectivity index (χ1v) is 8.24. The van der Waals surface area contributed by atoms with Crippen LogP contribution in [0.25, 0.3) is 0 Å². The number of hydrogen-bond donors (Lipinski definition) is 2. The first kappa shape index (κ1) is 20.0. The molecule has 2 heterocycles. The van der Waals surface area contributed by atoms with Gasteiger partial charge in [0.05, 0.1) is 6.54 Å². The number of aliphatic imine (C=N–C) groups is 1. The van der Waals surface area contributed by atoms with Gasteiger partial charge in [0.1, 0.15) is 5.82 Å². The molecule has 0 aromatic carbocycles. The SMILES string of the molecule is CCNC(=NCc1ccnc(N2CCCC2)c1)NC(C)(C)C.I. The van der Waals surface area contributed by atoms with Crippen molar-refractivity contribution in [3.05, 3.63) is 23.9 Å². The summed E-state index contributed by atoms with van der Waals surface area (Å²) in [6, 6.07) is 4.21. The maximum Gasteiger partial charge on any atom is 0.191 e. The molecule has 0 bridgehead atoms. The Morgan fingerprint density at radius 1 is 1.30 bits per heavy atom. The second kappa shape index (κ2) is 9.30. The van der Waals surface area contributed by atoms with E-state index in [9.17, 15) is 0 Å². The van der Waals surface area contributed by atoms with Gasteiger partial charge in [-0.15, -0.1) is 24.0 Å². The van der Waals surface area contributed by atoms with E-state index >= 15 is 0 Å². The molecule has 6 heteroatoms. The molecule has 2 N–H and O–H groups in total. The molecule has 0 atom stereocenters. The normalized spacial score (nSPS) is 15.3. The van der Waals surface area contributed by atoms with Gasteiger partial charge in [-0.05, 0) is 58.2 Å². The predicted octanol–water partition coefficient (Wildman–Crippen LogP) is 3.15. The highest BCUT2D eigenvalue weighted by Crippen LogP contribution is 2.18. The monoisotopic (exact) mass is 431 g/mol. The molecule has 1 aliphatic heterocycles. The quantitative estimate of drug-likeness (QED) is 0.437. The van der Waals surface area contributed by atoms with Gasteiger partial charge in [0.15, 0.2) is 5.96 Å². The van der Waals surface area contributed by atoms with Crippen molar-refractivity contribution in [3.8, 4) is 0 Å². The molecule has 130 valence electrons. The van der Waals surface area contributed by atoms with Crippen LogP contribution in [-0.4, -0.2) is 36.1 Å². The zero-order valence-corrected chi connectivity index (χ0v) is 17.1. The van der Waals surface area contributed by atoms with Crippen LogP contribution < -0.4 is 15.5 Å². The molecule has 1 saturated heterocycles. The predicted molar refractivity (Wildman–Crippen MR) is 109 cm³/mol. The molecule has 0 spiro atoms. The number of pyridine rings is 1. The van der Waals surface area contributed by atoms with Gasteiger partial charge in [-0.1, -0.05) is 0 Å². The van der Waals surface area contributed by atoms with Crippen LogP contribution in [0.3, 0.4) is 0 Å². The van der Waals surface area contributed by atoms with E-state index in [0.29, 0.717) is 6.54 Å². The van der Waals surface area contributed by atoms with Crippen molar-refractivity contribution in [2.45, 2.75) is 52.6 Å². The minimum Gasteiger partial charge on any atom is -0.357 e. The molecule has 1 fully saturated rings. The van der Waals surface area contributed by atoms with Crippen molar-refractivity contribution < 1.29 is 0 Å². The lowest BCUT2D eigenvalue weighted by Crippen LogP contribution is -2.47. The summed E-state index contributed by atoms with van der Waals surface area (Å²) < 4.78 is 0. The molecule has 1 aromatic heterocycles. The molecule has 0 amide bonds. The van der Waals surface area contributed by atoms with Gasteiger partial charge in [0.25, 0.3) is 0 Å². The average Bonchev–Trinajstić information content (AvgIpc) is 2.98. The molecule has 0 unspecified atom stereocenters. The number of nitrogens with zero attached hydrogens (tertiary/aromatic N) is 3. The summed E-state index contributed by atoms with van der Waals surface area (Å²) in [7, 11) is 0. The lowest BCUT2D eigenvalue weighted by Gasteiger charge is -2.23. The minimum atomic E-state index is -0.0000415. The van der Waals surface area contributed by atoms with Gasteiger partial charge in [-0.25, -0.2) is 9.98 Å². The molecule has 1 aromatic rings. The Kier molecular flexibility index (Phi) is 8.08. The van der Waals surface area contributed by atoms with E-state index in [1.165, 1.54) is 18.4 Å². The largest absolute Gasteiger partial charge is 0.357 e. The molecule has 1 aliphatic rings. The van der Waals surface area contributed by atoms with Crippen LogP contribution in [0.2, 0.25) is 0 Å². The van der Waals surface area contributed by atoms with Gasteiger partial charge in [0.2, 0.25) is 0 Å². The Hall–Kier alpha value is -1.05. The molecule has 5 nitrogen and oxygen atoms in total. The van der Waals surface area contributed by atoms with Crippen molar-refractivity contribution in [1.82, 2.24) is 15.6 Å². The van der Waals surface area contributed by atoms with Crippen molar-refractivity contribution in [1.29, 1.82) is 0 Å². The van der Waals surface area contributed by atoms with Crippen LogP contribution in [0.15, 0.2) is 23.3 Å². The molecule has 0 saturated carbocycles. The Morgan fingerprint density at radius 2 is 2.00 bits per heavy atom. The van der Waals surface area contributed by atoms with Crippen LogP contribution in [-0.2, 0) is 6.54 Å². The Bertz CT molecular complexity index is 504. The van der Waals surface area contributed by atoms with Crippen LogP contribution >= 0.6 is 24.0 Å². The van der Waals surface area contributed by atoms with E-state index in [1.54, 1.807) is 0 Å². The lowest BCUT2D eigenvalue weighted by atomic mass is 10.1. The smallest absolute Gasteiger partial charge is 0.191 e. The summed E-state index contributed by atoms with van der Waals surface area (Å²) in [6.07, 6.45) is 4.43. The Labute approximate surface area is 157 Å². The van der Waals surface area contributed by atoms with Gasteiger partial charge >= 0.3 is 0 Å². The van der Waals surface area contributed by atoms with Crippen molar-refractivity contribution in [2.24, 2.45) is 4.99 Å². The lowest BCUT2D eigenvalue weighted by molar-refractivity contribution is 0.501. The van der Waals surface area contributed by atoms with E-state index in [-0.39, 0.29) is 29.5 Å². The number of nitrogens with one attached hydrogen (secondary N) is 2. The van der Waals surface area contributed by atoms with E-state index in [2.05, 4.69) is 59.3 Å². The second-order valence-electron chi connectivity index (χ2n) is 6.79. The highest BCUT2D eigenvalue weighted by Gasteiger charge is 2.14. The number of aromatic nitrogens is 1. The fraction of sp³-hybridized carbons (Fsp3) is 0.647. The number of halogens is 1. The fourth-order valence-electron chi connectivity index (χ4n) is 2.51. The number of anilines is 1. The van der Waals surface area contributed by atoms with Crippen LogP contribution in [0.1, 0.15) is 46.1 Å². The van der Waals surface area contributed by atoms with E-state index < -0.39 is 0 Å². The summed E-state index contributed by atoms with van der Waals surface area (Å²) in [4.78, 5) is 11.5. The van der Waals surface area contributed by atoms with Gasteiger partial charge < -0.3 is 15.5 Å². The molecule has 23 heavy (non-hydrogen) atoms. The van der Waals surface area contributed by atoms with Gasteiger partial charge in [-0.2, -0.15) is 0 Å². The zero-order valence-electron chi connectivity index (χ0n) is 14.7. The Morgan fingerprint density at radius 3 is 2.61 bits per heavy atom. The summed E-state index contributed by atoms with van der Waals surface area (Å²) >= 11 is 0. The third kappa shape index (κ3) is 6.93. The third-order valence-electron chi connectivity index (χ3n) is 3.50. The molecule has 2 rings (SSSR count). The van der Waals surface area contributed by atoms with Gasteiger partial charge in [0, 0.05) is 31.4 Å². The summed E-state index contributed by atoms with van der Waals surface area (Å²) in [5.74, 6) is 1.94. The number of guanidine groups is 1. The second-order valence-corrected chi connectivity index (χ2v) is 6.79. The van der Waals surface area contributed by atoms with Crippen molar-refractivity contribution in [2.75, 3.05) is 24.5 Å². The van der Waals surface area contributed by atoms with Crippen LogP contribution in [0.5, 0.6) is 0 Å². The summed E-state index contributed by atoms with van der Waals surface area (Å²) in [6.45, 7) is 12.2. The van der Waals surface area contributed by atoms with Crippen LogP contribution in [0.4, 0.5) is 5.82 Å². The zero-order chi connectivity index (χ0) is 16.0. The molecule has 0 radical (unpaired) electrons. The first-order valence-electron chi connectivity index (χ1n) is 8.24. The van der Waals surface area contributed by atoms with E-state index in [4.69, 9.17) is 0 Å². The molecular weight excluding hydrogens is 401 g/mol. The van der Waals surface area contributed by atoms with Crippen molar-refractivity contribution >= 4 is 35.8 Å². The summed E-state index contributed by atoms with van der Waals surface area (Å²) in [5, 5.41) is 6.70. The fourth-order valence-corrected chi connectivity index (χ4v) is 2.51. The minimum absolute atomic E-state index is 0. The maximum absolute atomic E-state index is 4.68. The highest BCUT2D eigenvalue weighted by molar-refractivity contribution is 14.0. The van der Waals surface area contributed by atoms with E-state index in [0.717, 1.165) is 31.4 Å². The number of rotatable bonds is 4. The number of hydrogen-bond acceptors (Lipinski definition) is 3. The average molecular weight is 431 g/mol. The summed E-state index contributed by atoms with van der Waals surface area (Å²) in [5.41, 5.74) is 1.20. The maximum atomic E-state index is 4.68.